The average Bonchev–Trinajstić information content (AvgIpc) is 2.81. The van der Waals surface area contributed by atoms with Gasteiger partial charge in [0, 0.05) is 27.3 Å². The molecule has 0 saturated heterocycles. The lowest BCUT2D eigenvalue weighted by Crippen LogP contribution is -2.31. The van der Waals surface area contributed by atoms with Crippen LogP contribution in [-0.4, -0.2) is 55.6 Å². The Morgan fingerprint density at radius 2 is 1.79 bits per heavy atom. The van der Waals surface area contributed by atoms with Crippen molar-refractivity contribution in [1.82, 2.24) is 15.0 Å². The Labute approximate surface area is 114 Å². The predicted octanol–water partition coefficient (Wildman–Crippen LogP) is 0.358. The Hall–Kier alpha value is -1.02. The third-order valence-corrected chi connectivity index (χ3v) is 2.63. The fraction of sp³-hybridized carbons (Fsp3) is 0.833. The maximum absolute atomic E-state index is 5.92. The molecule has 0 bridgehead atoms. The van der Waals surface area contributed by atoms with Crippen LogP contribution >= 0.6 is 0 Å². The van der Waals surface area contributed by atoms with Crippen molar-refractivity contribution < 1.29 is 14.0 Å². The molecule has 19 heavy (non-hydrogen) atoms. The quantitative estimate of drug-likeness (QED) is 0.694. The number of ether oxygens (including phenoxy) is 2. The van der Waals surface area contributed by atoms with Crippen molar-refractivity contribution >= 4 is 0 Å². The highest BCUT2D eigenvalue weighted by Gasteiger charge is 2.22. The molecule has 0 atom stereocenters. The monoisotopic (exact) mass is 272 g/mol. The molecule has 1 heterocycles. The van der Waals surface area contributed by atoms with Crippen LogP contribution in [0.4, 0.5) is 0 Å². The number of aromatic nitrogens is 2. The van der Waals surface area contributed by atoms with Gasteiger partial charge in [-0.1, -0.05) is 5.16 Å². The molecule has 0 aromatic carbocycles. The SMILES string of the molecule is COCCN(CCOC)Cc1nc(C(C)(C)N)no1. The fourth-order valence-corrected chi connectivity index (χ4v) is 1.48. The van der Waals surface area contributed by atoms with Crippen LogP contribution in [0.1, 0.15) is 25.6 Å². The van der Waals surface area contributed by atoms with E-state index in [1.54, 1.807) is 14.2 Å². The molecule has 0 radical (unpaired) electrons. The van der Waals surface area contributed by atoms with Crippen molar-refractivity contribution in [3.05, 3.63) is 11.7 Å². The van der Waals surface area contributed by atoms with Gasteiger partial charge in [-0.05, 0) is 13.8 Å². The van der Waals surface area contributed by atoms with Gasteiger partial charge >= 0.3 is 0 Å². The Morgan fingerprint density at radius 1 is 1.21 bits per heavy atom. The van der Waals surface area contributed by atoms with Crippen molar-refractivity contribution in [3.63, 3.8) is 0 Å². The Morgan fingerprint density at radius 3 is 2.21 bits per heavy atom. The van der Waals surface area contributed by atoms with Gasteiger partial charge in [-0.3, -0.25) is 4.90 Å². The largest absolute Gasteiger partial charge is 0.383 e. The van der Waals surface area contributed by atoms with Gasteiger partial charge in [0.25, 0.3) is 0 Å². The molecule has 2 N–H and O–H groups in total. The van der Waals surface area contributed by atoms with Crippen molar-refractivity contribution in [3.8, 4) is 0 Å². The molecule has 0 aliphatic rings. The highest BCUT2D eigenvalue weighted by molar-refractivity contribution is 4.98. The van der Waals surface area contributed by atoms with Gasteiger partial charge in [-0.2, -0.15) is 4.98 Å². The highest BCUT2D eigenvalue weighted by atomic mass is 16.5. The topological polar surface area (TPSA) is 86.6 Å². The van der Waals surface area contributed by atoms with Crippen LogP contribution in [0.3, 0.4) is 0 Å². The summed E-state index contributed by atoms with van der Waals surface area (Å²) in [7, 11) is 3.35. The van der Waals surface area contributed by atoms with E-state index >= 15 is 0 Å². The van der Waals surface area contributed by atoms with Crippen LogP contribution in [0, 0.1) is 0 Å². The Balaban J connectivity index is 2.59. The van der Waals surface area contributed by atoms with Gasteiger partial charge in [0.15, 0.2) is 5.82 Å². The van der Waals surface area contributed by atoms with E-state index in [-0.39, 0.29) is 0 Å². The molecule has 0 spiro atoms. The summed E-state index contributed by atoms with van der Waals surface area (Å²) >= 11 is 0. The first kappa shape index (κ1) is 16.0. The van der Waals surface area contributed by atoms with E-state index in [1.165, 1.54) is 0 Å². The normalized spacial score (nSPS) is 12.3. The lowest BCUT2D eigenvalue weighted by molar-refractivity contribution is 0.103. The van der Waals surface area contributed by atoms with Crippen LogP contribution in [0.25, 0.3) is 0 Å². The molecule has 0 saturated carbocycles. The molecular formula is C12H24N4O3. The molecule has 0 unspecified atom stereocenters. The minimum absolute atomic E-state index is 0.515. The number of hydrogen-bond acceptors (Lipinski definition) is 7. The summed E-state index contributed by atoms with van der Waals surface area (Å²) in [5.74, 6) is 1.07. The Kier molecular flexibility index (Phi) is 6.36. The van der Waals surface area contributed by atoms with Crippen molar-refractivity contribution in [2.45, 2.75) is 25.9 Å². The Bertz CT molecular complexity index is 354. The molecular weight excluding hydrogens is 248 g/mol. The first-order valence-electron chi connectivity index (χ1n) is 6.29. The van der Waals surface area contributed by atoms with Crippen molar-refractivity contribution in [2.75, 3.05) is 40.5 Å². The summed E-state index contributed by atoms with van der Waals surface area (Å²) in [5.41, 5.74) is 5.33. The molecule has 1 aromatic heterocycles. The molecule has 1 aromatic rings. The molecule has 0 fully saturated rings. The second kappa shape index (κ2) is 7.54. The molecule has 0 aliphatic carbocycles. The zero-order valence-electron chi connectivity index (χ0n) is 12.2. The van der Waals surface area contributed by atoms with Crippen molar-refractivity contribution in [1.29, 1.82) is 0 Å². The summed E-state index contributed by atoms with van der Waals surface area (Å²) in [5, 5.41) is 3.90. The van der Waals surface area contributed by atoms with Crippen LogP contribution in [0.15, 0.2) is 4.52 Å². The second-order valence-electron chi connectivity index (χ2n) is 5.00. The van der Waals surface area contributed by atoms with Gasteiger partial charge in [0.05, 0.1) is 25.3 Å². The smallest absolute Gasteiger partial charge is 0.240 e. The first-order chi connectivity index (χ1) is 8.97. The number of hydrogen-bond donors (Lipinski definition) is 1. The van der Waals surface area contributed by atoms with Gasteiger partial charge in [-0.25, -0.2) is 0 Å². The number of nitrogens with zero attached hydrogens (tertiary/aromatic N) is 3. The van der Waals surface area contributed by atoms with E-state index in [0.717, 1.165) is 13.1 Å². The molecule has 0 aliphatic heterocycles. The molecule has 1 rings (SSSR count). The zero-order valence-corrected chi connectivity index (χ0v) is 12.2. The molecule has 7 nitrogen and oxygen atoms in total. The fourth-order valence-electron chi connectivity index (χ4n) is 1.48. The van der Waals surface area contributed by atoms with Crippen LogP contribution in [0.5, 0.6) is 0 Å². The molecule has 0 amide bonds. The van der Waals surface area contributed by atoms with E-state index in [2.05, 4.69) is 15.0 Å². The van der Waals surface area contributed by atoms with E-state index in [1.807, 2.05) is 13.8 Å². The maximum Gasteiger partial charge on any atom is 0.240 e. The van der Waals surface area contributed by atoms with E-state index in [0.29, 0.717) is 31.5 Å². The van der Waals surface area contributed by atoms with E-state index < -0.39 is 5.54 Å². The minimum Gasteiger partial charge on any atom is -0.383 e. The number of methoxy groups -OCH3 is 2. The molecule has 110 valence electrons. The third-order valence-electron chi connectivity index (χ3n) is 2.63. The van der Waals surface area contributed by atoms with Gasteiger partial charge in [-0.15, -0.1) is 0 Å². The zero-order chi connectivity index (χ0) is 14.3. The second-order valence-corrected chi connectivity index (χ2v) is 5.00. The summed E-state index contributed by atoms with van der Waals surface area (Å²) in [6.07, 6.45) is 0. The standard InChI is InChI=1S/C12H24N4O3/c1-12(2,13)11-14-10(19-15-11)9-16(5-7-17-3)6-8-18-4/h5-9,13H2,1-4H3. The number of nitrogens with two attached hydrogens (primary N) is 1. The van der Waals surface area contributed by atoms with Crippen molar-refractivity contribution in [2.24, 2.45) is 5.73 Å². The minimum atomic E-state index is -0.592. The van der Waals surface area contributed by atoms with Crippen LogP contribution in [0.2, 0.25) is 0 Å². The lowest BCUT2D eigenvalue weighted by atomic mass is 10.1. The first-order valence-corrected chi connectivity index (χ1v) is 6.29. The van der Waals surface area contributed by atoms with E-state index in [4.69, 9.17) is 19.7 Å². The molecule has 7 heteroatoms. The predicted molar refractivity (Wildman–Crippen MR) is 70.5 cm³/mol. The lowest BCUT2D eigenvalue weighted by Gasteiger charge is -2.19. The summed E-state index contributed by atoms with van der Waals surface area (Å²) in [4.78, 5) is 6.44. The summed E-state index contributed by atoms with van der Waals surface area (Å²) in [6, 6.07) is 0. The summed E-state index contributed by atoms with van der Waals surface area (Å²) in [6.45, 7) is 7.10. The van der Waals surface area contributed by atoms with Gasteiger partial charge in [0.2, 0.25) is 5.89 Å². The number of rotatable bonds is 9. The summed E-state index contributed by atoms with van der Waals surface area (Å²) < 4.78 is 15.4. The maximum atomic E-state index is 5.92. The third kappa shape index (κ3) is 5.65. The van der Waals surface area contributed by atoms with E-state index in [9.17, 15) is 0 Å². The van der Waals surface area contributed by atoms with Gasteiger partial charge in [0.1, 0.15) is 0 Å². The van der Waals surface area contributed by atoms with Crippen LogP contribution in [-0.2, 0) is 21.6 Å². The highest BCUT2D eigenvalue weighted by Crippen LogP contribution is 2.13. The van der Waals surface area contributed by atoms with Crippen LogP contribution < -0.4 is 5.73 Å². The van der Waals surface area contributed by atoms with Gasteiger partial charge < -0.3 is 19.7 Å². The average molecular weight is 272 g/mol.